The number of aryl methyl sites for hydroxylation is 1. The predicted octanol–water partition coefficient (Wildman–Crippen LogP) is 4.38. The third-order valence-corrected chi connectivity index (χ3v) is 6.31. The molecule has 204 valence electrons. The third-order valence-electron chi connectivity index (χ3n) is 6.31. The van der Waals surface area contributed by atoms with E-state index in [0.29, 0.717) is 6.07 Å². The Balaban J connectivity index is 1.48. The first-order valence-corrected chi connectivity index (χ1v) is 12.0. The number of amides is 2. The molecule has 2 heterocycles. The quantitative estimate of drug-likeness (QED) is 0.353. The molecule has 0 aliphatic carbocycles. The van der Waals surface area contributed by atoms with Gasteiger partial charge in [0.2, 0.25) is 5.91 Å². The summed E-state index contributed by atoms with van der Waals surface area (Å²) in [5, 5.41) is 16.0. The van der Waals surface area contributed by atoms with E-state index < -0.39 is 41.8 Å². The van der Waals surface area contributed by atoms with Crippen LogP contribution in [0.5, 0.6) is 5.75 Å². The minimum absolute atomic E-state index is 0.0506. The predicted molar refractivity (Wildman–Crippen MR) is 136 cm³/mol. The summed E-state index contributed by atoms with van der Waals surface area (Å²) >= 11 is 0. The van der Waals surface area contributed by atoms with Crippen molar-refractivity contribution in [2.24, 2.45) is 7.05 Å². The molecule has 2 N–H and O–H groups in total. The molecule has 12 heteroatoms. The van der Waals surface area contributed by atoms with Crippen LogP contribution in [-0.4, -0.2) is 44.1 Å². The zero-order chi connectivity index (χ0) is 28.6. The van der Waals surface area contributed by atoms with Crippen molar-refractivity contribution in [2.75, 3.05) is 11.9 Å². The van der Waals surface area contributed by atoms with E-state index >= 15 is 0 Å². The van der Waals surface area contributed by atoms with E-state index in [0.717, 1.165) is 11.0 Å². The Morgan fingerprint density at radius 2 is 1.82 bits per heavy atom. The molecular formula is C28H21F3N4O5. The number of nitrogens with zero attached hydrogens (tertiary/aromatic N) is 3. The van der Waals surface area contributed by atoms with Crippen molar-refractivity contribution in [3.8, 4) is 17.0 Å². The number of carbonyl (C=O) groups excluding carboxylic acids is 2. The maximum Gasteiger partial charge on any atom is 0.335 e. The standard InChI is InChI=1S/C28H21F3N4O5/c1-34-25-19-10-17(29)11-22(31)26(19)40-14-20(25)24(33-34)27(37)35(12-16-5-2-3-8-21(16)30)13-23(36)32-18-7-4-6-15(9-18)28(38)39/h2-11H,12-14H2,1H3,(H,32,36)(H,38,39). The van der Waals surface area contributed by atoms with Crippen LogP contribution in [0.4, 0.5) is 18.9 Å². The van der Waals surface area contributed by atoms with Crippen molar-refractivity contribution >= 4 is 23.5 Å². The molecule has 9 nitrogen and oxygen atoms in total. The van der Waals surface area contributed by atoms with Gasteiger partial charge in [0.05, 0.1) is 11.3 Å². The molecular weight excluding hydrogens is 529 g/mol. The Hall–Kier alpha value is -5.13. The smallest absolute Gasteiger partial charge is 0.335 e. The number of hydrogen-bond acceptors (Lipinski definition) is 5. The van der Waals surface area contributed by atoms with Gasteiger partial charge in [-0.3, -0.25) is 14.3 Å². The van der Waals surface area contributed by atoms with E-state index in [1.165, 1.54) is 54.2 Å². The summed E-state index contributed by atoms with van der Waals surface area (Å²) in [6.07, 6.45) is 0. The van der Waals surface area contributed by atoms with E-state index in [2.05, 4.69) is 10.4 Å². The van der Waals surface area contributed by atoms with Gasteiger partial charge in [-0.05, 0) is 30.3 Å². The summed E-state index contributed by atoms with van der Waals surface area (Å²) < 4.78 is 49.7. The SMILES string of the molecule is Cn1nc(C(=O)N(CC(=O)Nc2cccc(C(=O)O)c2)Cc2ccccc2F)c2c1-c1cc(F)cc(F)c1OC2. The van der Waals surface area contributed by atoms with Crippen LogP contribution in [0.2, 0.25) is 0 Å². The van der Waals surface area contributed by atoms with Crippen LogP contribution in [0.3, 0.4) is 0 Å². The second-order valence-electron chi connectivity index (χ2n) is 9.04. The zero-order valence-corrected chi connectivity index (χ0v) is 21.0. The number of halogens is 3. The molecule has 0 radical (unpaired) electrons. The fraction of sp³-hybridized carbons (Fsp3) is 0.143. The lowest BCUT2D eigenvalue weighted by atomic mass is 10.0. The maximum atomic E-state index is 14.5. The number of anilines is 1. The van der Waals surface area contributed by atoms with Crippen LogP contribution < -0.4 is 10.1 Å². The van der Waals surface area contributed by atoms with Crippen molar-refractivity contribution in [3.63, 3.8) is 0 Å². The van der Waals surface area contributed by atoms with Crippen LogP contribution in [0, 0.1) is 17.5 Å². The fourth-order valence-corrected chi connectivity index (χ4v) is 4.53. The summed E-state index contributed by atoms with van der Waals surface area (Å²) in [7, 11) is 1.50. The molecule has 1 aromatic heterocycles. The number of carboxylic acid groups (broad SMARTS) is 1. The Bertz CT molecular complexity index is 1670. The monoisotopic (exact) mass is 550 g/mol. The number of fused-ring (bicyclic) bond motifs is 3. The van der Waals surface area contributed by atoms with Crippen LogP contribution in [0.25, 0.3) is 11.3 Å². The van der Waals surface area contributed by atoms with E-state index in [9.17, 15) is 32.7 Å². The molecule has 5 rings (SSSR count). The number of nitrogens with one attached hydrogen (secondary N) is 1. The van der Waals surface area contributed by atoms with Crippen molar-refractivity contribution in [1.82, 2.24) is 14.7 Å². The second kappa shape index (κ2) is 10.6. The molecule has 0 fully saturated rings. The maximum absolute atomic E-state index is 14.5. The van der Waals surface area contributed by atoms with Crippen molar-refractivity contribution in [3.05, 3.63) is 100 Å². The molecule has 0 saturated carbocycles. The van der Waals surface area contributed by atoms with Gasteiger partial charge < -0.3 is 20.1 Å². The molecule has 2 amide bonds. The zero-order valence-electron chi connectivity index (χ0n) is 21.0. The van der Waals surface area contributed by atoms with E-state index in [1.54, 1.807) is 6.07 Å². The lowest BCUT2D eigenvalue weighted by molar-refractivity contribution is -0.117. The molecule has 3 aromatic carbocycles. The number of aromatic nitrogens is 2. The van der Waals surface area contributed by atoms with Gasteiger partial charge in [0.15, 0.2) is 17.3 Å². The number of ether oxygens (including phenoxy) is 1. The molecule has 0 spiro atoms. The summed E-state index contributed by atoms with van der Waals surface area (Å²) in [6, 6.07) is 13.0. The highest BCUT2D eigenvalue weighted by Crippen LogP contribution is 2.41. The molecule has 1 aliphatic heterocycles. The summed E-state index contributed by atoms with van der Waals surface area (Å²) in [4.78, 5) is 39.1. The van der Waals surface area contributed by atoms with Crippen LogP contribution in [0.15, 0.2) is 60.7 Å². The van der Waals surface area contributed by atoms with Gasteiger partial charge in [0.1, 0.15) is 24.8 Å². The molecule has 0 atom stereocenters. The molecule has 0 bridgehead atoms. The molecule has 1 aliphatic rings. The third kappa shape index (κ3) is 5.10. The van der Waals surface area contributed by atoms with E-state index in [1.807, 2.05) is 0 Å². The van der Waals surface area contributed by atoms with Crippen molar-refractivity contribution in [1.29, 1.82) is 0 Å². The number of hydrogen-bond donors (Lipinski definition) is 2. The first-order chi connectivity index (χ1) is 19.1. The largest absolute Gasteiger partial charge is 0.485 e. The highest BCUT2D eigenvalue weighted by Gasteiger charge is 2.33. The average Bonchev–Trinajstić information content (AvgIpc) is 3.25. The first kappa shape index (κ1) is 26.5. The van der Waals surface area contributed by atoms with Crippen LogP contribution in [0.1, 0.15) is 32.0 Å². The number of aromatic carboxylic acids is 1. The normalized spacial score (nSPS) is 11.7. The molecule has 0 saturated heterocycles. The van der Waals surface area contributed by atoms with Gasteiger partial charge in [0, 0.05) is 42.0 Å². The van der Waals surface area contributed by atoms with Gasteiger partial charge in [-0.2, -0.15) is 5.10 Å². The van der Waals surface area contributed by atoms with Gasteiger partial charge in [-0.25, -0.2) is 18.0 Å². The number of carboxylic acids is 1. The van der Waals surface area contributed by atoms with Crippen molar-refractivity contribution in [2.45, 2.75) is 13.2 Å². The minimum Gasteiger partial charge on any atom is -0.485 e. The number of rotatable bonds is 7. The van der Waals surface area contributed by atoms with Crippen molar-refractivity contribution < 1.29 is 37.4 Å². The van der Waals surface area contributed by atoms with E-state index in [-0.39, 0.29) is 58.2 Å². The Morgan fingerprint density at radius 3 is 2.58 bits per heavy atom. The van der Waals surface area contributed by atoms with Gasteiger partial charge in [-0.15, -0.1) is 0 Å². The van der Waals surface area contributed by atoms with E-state index in [4.69, 9.17) is 4.74 Å². The molecule has 4 aromatic rings. The topological polar surface area (TPSA) is 114 Å². The summed E-state index contributed by atoms with van der Waals surface area (Å²) in [5.74, 6) is -5.13. The van der Waals surface area contributed by atoms with Crippen LogP contribution >= 0.6 is 0 Å². The first-order valence-electron chi connectivity index (χ1n) is 12.0. The number of benzene rings is 3. The average molecular weight is 550 g/mol. The summed E-state index contributed by atoms with van der Waals surface area (Å²) in [6.45, 7) is -1.10. The highest BCUT2D eigenvalue weighted by atomic mass is 19.1. The Morgan fingerprint density at radius 1 is 1.05 bits per heavy atom. The molecule has 0 unspecified atom stereocenters. The Kier molecular flexibility index (Phi) is 6.99. The summed E-state index contributed by atoms with van der Waals surface area (Å²) in [5.41, 5.74) is 0.723. The Labute approximate surface area is 225 Å². The minimum atomic E-state index is -1.18. The van der Waals surface area contributed by atoms with Crippen LogP contribution in [-0.2, 0) is 25.0 Å². The van der Waals surface area contributed by atoms with Gasteiger partial charge in [0.25, 0.3) is 5.91 Å². The fourth-order valence-electron chi connectivity index (χ4n) is 4.53. The van der Waals surface area contributed by atoms with Gasteiger partial charge >= 0.3 is 5.97 Å². The molecule has 40 heavy (non-hydrogen) atoms. The highest BCUT2D eigenvalue weighted by molar-refractivity contribution is 6.00. The lowest BCUT2D eigenvalue weighted by Gasteiger charge is -2.23. The second-order valence-corrected chi connectivity index (χ2v) is 9.04. The number of carbonyl (C=O) groups is 3. The lowest BCUT2D eigenvalue weighted by Crippen LogP contribution is -2.38. The van der Waals surface area contributed by atoms with Gasteiger partial charge in [-0.1, -0.05) is 24.3 Å².